The van der Waals surface area contributed by atoms with E-state index in [4.69, 9.17) is 16.0 Å². The molecule has 0 saturated heterocycles. The molecule has 150 valence electrons. The quantitative estimate of drug-likeness (QED) is 0.367. The van der Waals surface area contributed by atoms with E-state index in [1.165, 1.54) is 11.6 Å². The van der Waals surface area contributed by atoms with Gasteiger partial charge in [0.25, 0.3) is 9.04 Å². The van der Waals surface area contributed by atoms with Crippen LogP contribution < -0.4 is 14.8 Å². The molecule has 0 aromatic heterocycles. The molecule has 0 heterocycles. The fraction of sp³-hybridized carbons (Fsp3) is 0.208. The van der Waals surface area contributed by atoms with Crippen LogP contribution in [0.25, 0.3) is 0 Å². The molecule has 3 aromatic rings. The van der Waals surface area contributed by atoms with Gasteiger partial charge >= 0.3 is 0 Å². The zero-order chi connectivity index (χ0) is 21.0. The molecular weight excluding hydrogens is 400 g/mol. The number of aldehydes is 1. The summed E-state index contributed by atoms with van der Waals surface area (Å²) in [5, 5.41) is 12.2. The molecule has 0 bridgehead atoms. The Kier molecular flexibility index (Phi) is 6.45. The van der Waals surface area contributed by atoms with Crippen LogP contribution in [0.1, 0.15) is 42.3 Å². The van der Waals surface area contributed by atoms with Gasteiger partial charge in [0.05, 0.1) is 11.4 Å². The number of alkyl halides is 1. The molecule has 0 spiro atoms. The number of phenols is 1. The number of benzene rings is 3. The third kappa shape index (κ3) is 4.71. The van der Waals surface area contributed by atoms with E-state index in [-0.39, 0.29) is 22.6 Å². The molecule has 1 unspecified atom stereocenters. The Bertz CT molecular complexity index is 980. The van der Waals surface area contributed by atoms with Crippen molar-refractivity contribution in [3.05, 3.63) is 83.4 Å². The summed E-state index contributed by atoms with van der Waals surface area (Å²) in [4.78, 5) is 11.5. The van der Waals surface area contributed by atoms with Gasteiger partial charge in [-0.05, 0) is 33.5 Å². The van der Waals surface area contributed by atoms with Crippen molar-refractivity contribution in [2.24, 2.45) is 0 Å². The van der Waals surface area contributed by atoms with Gasteiger partial charge in [0.1, 0.15) is 11.5 Å². The second-order valence-corrected chi connectivity index (χ2v) is 10.6. The Hall–Kier alpha value is -2.56. The molecule has 1 atom stereocenters. The molecular formula is C24H25ClO3Si. The second kappa shape index (κ2) is 8.85. The van der Waals surface area contributed by atoms with E-state index in [0.717, 1.165) is 10.4 Å². The van der Waals surface area contributed by atoms with Gasteiger partial charge in [-0.15, -0.1) is 11.6 Å². The van der Waals surface area contributed by atoms with Crippen LogP contribution in [0.5, 0.6) is 11.5 Å². The van der Waals surface area contributed by atoms with E-state index in [9.17, 15) is 9.90 Å². The highest BCUT2D eigenvalue weighted by Gasteiger charge is 2.23. The minimum absolute atomic E-state index is 0.0742. The van der Waals surface area contributed by atoms with Gasteiger partial charge < -0.3 is 9.53 Å². The molecule has 0 amide bonds. The molecule has 1 N–H and O–H groups in total. The summed E-state index contributed by atoms with van der Waals surface area (Å²) in [7, 11) is -2.10. The summed E-state index contributed by atoms with van der Waals surface area (Å²) >= 11 is 6.10. The van der Waals surface area contributed by atoms with Crippen molar-refractivity contribution < 1.29 is 14.3 Å². The van der Waals surface area contributed by atoms with Gasteiger partial charge in [-0.3, -0.25) is 4.79 Å². The van der Waals surface area contributed by atoms with Crippen molar-refractivity contribution in [1.82, 2.24) is 0 Å². The fourth-order valence-corrected chi connectivity index (χ4v) is 5.77. The summed E-state index contributed by atoms with van der Waals surface area (Å²) < 4.78 is 6.52. The van der Waals surface area contributed by atoms with E-state index in [1.807, 2.05) is 18.2 Å². The summed E-state index contributed by atoms with van der Waals surface area (Å²) in [6.45, 7) is 6.57. The van der Waals surface area contributed by atoms with Crippen molar-refractivity contribution in [3.8, 4) is 11.5 Å². The number of halogens is 1. The standard InChI is InChI=1S/C24H25ClO3Si/c1-24(2,3)17-9-11-19(12-10-17)29(18-7-5-4-6-8-18)28-23-14-13-22(27)21(16-26)20(23)15-25/h4-14,16,27,29H,15H2,1-3H3. The lowest BCUT2D eigenvalue weighted by Crippen LogP contribution is -2.47. The minimum atomic E-state index is -2.10. The number of rotatable bonds is 6. The van der Waals surface area contributed by atoms with Crippen LogP contribution in [0, 0.1) is 0 Å². The average Bonchev–Trinajstić information content (AvgIpc) is 2.72. The van der Waals surface area contributed by atoms with Crippen LogP contribution in [0.3, 0.4) is 0 Å². The van der Waals surface area contributed by atoms with E-state index in [2.05, 4.69) is 57.2 Å². The Balaban J connectivity index is 2.06. The number of carbonyl (C=O) groups is 1. The lowest BCUT2D eigenvalue weighted by molar-refractivity contribution is 0.112. The Morgan fingerprint density at radius 3 is 2.14 bits per heavy atom. The van der Waals surface area contributed by atoms with Gasteiger partial charge in [0.2, 0.25) is 0 Å². The topological polar surface area (TPSA) is 46.5 Å². The van der Waals surface area contributed by atoms with Crippen LogP contribution in [0.15, 0.2) is 66.7 Å². The van der Waals surface area contributed by atoms with Gasteiger partial charge in [-0.25, -0.2) is 0 Å². The second-order valence-electron chi connectivity index (χ2n) is 8.01. The Morgan fingerprint density at radius 2 is 1.59 bits per heavy atom. The summed E-state index contributed by atoms with van der Waals surface area (Å²) in [6.07, 6.45) is 0.622. The van der Waals surface area contributed by atoms with Crippen LogP contribution >= 0.6 is 11.6 Å². The van der Waals surface area contributed by atoms with Crippen molar-refractivity contribution in [2.75, 3.05) is 0 Å². The first-order valence-corrected chi connectivity index (χ1v) is 11.7. The monoisotopic (exact) mass is 424 g/mol. The number of phenolic OH excluding ortho intramolecular Hbond substituents is 1. The van der Waals surface area contributed by atoms with E-state index in [1.54, 1.807) is 6.07 Å². The largest absolute Gasteiger partial charge is 0.537 e. The maximum Gasteiger partial charge on any atom is 0.299 e. The van der Waals surface area contributed by atoms with Gasteiger partial charge in [-0.2, -0.15) is 0 Å². The molecule has 29 heavy (non-hydrogen) atoms. The predicted molar refractivity (Wildman–Crippen MR) is 122 cm³/mol. The summed E-state index contributed by atoms with van der Waals surface area (Å²) in [6, 6.07) is 21.8. The smallest absolute Gasteiger partial charge is 0.299 e. The van der Waals surface area contributed by atoms with Crippen LogP contribution in [-0.4, -0.2) is 20.4 Å². The van der Waals surface area contributed by atoms with Gasteiger partial charge in [0, 0.05) is 5.56 Å². The van der Waals surface area contributed by atoms with Crippen LogP contribution in [-0.2, 0) is 11.3 Å². The van der Waals surface area contributed by atoms with E-state index < -0.39 is 9.04 Å². The molecule has 3 aromatic carbocycles. The normalized spacial score (nSPS) is 12.4. The van der Waals surface area contributed by atoms with E-state index in [0.29, 0.717) is 17.6 Å². The highest BCUT2D eigenvalue weighted by atomic mass is 35.5. The first-order chi connectivity index (χ1) is 13.8. The molecule has 0 radical (unpaired) electrons. The zero-order valence-electron chi connectivity index (χ0n) is 16.9. The fourth-order valence-electron chi connectivity index (χ4n) is 3.25. The van der Waals surface area contributed by atoms with Crippen molar-refractivity contribution in [2.45, 2.75) is 32.1 Å². The minimum Gasteiger partial charge on any atom is -0.537 e. The van der Waals surface area contributed by atoms with Crippen molar-refractivity contribution in [3.63, 3.8) is 0 Å². The summed E-state index contributed by atoms with van der Waals surface area (Å²) in [5.74, 6) is 0.534. The van der Waals surface area contributed by atoms with Crippen molar-refractivity contribution in [1.29, 1.82) is 0 Å². The molecule has 0 aliphatic rings. The first-order valence-electron chi connectivity index (χ1n) is 9.53. The highest BCUT2D eigenvalue weighted by molar-refractivity contribution is 6.80. The third-order valence-electron chi connectivity index (χ3n) is 4.97. The lowest BCUT2D eigenvalue weighted by atomic mass is 9.87. The number of aromatic hydroxyl groups is 1. The Labute approximate surface area is 178 Å². The SMILES string of the molecule is CC(C)(C)c1ccc([SiH](Oc2ccc(O)c(C=O)c2CCl)c2ccccc2)cc1. The maximum atomic E-state index is 11.5. The maximum absolute atomic E-state index is 11.5. The molecule has 0 aliphatic heterocycles. The molecule has 3 rings (SSSR count). The lowest BCUT2D eigenvalue weighted by Gasteiger charge is -2.23. The van der Waals surface area contributed by atoms with Crippen molar-refractivity contribution >= 4 is 37.3 Å². The summed E-state index contributed by atoms with van der Waals surface area (Å²) in [5.41, 5.74) is 2.03. The van der Waals surface area contributed by atoms with Crippen LogP contribution in [0.4, 0.5) is 0 Å². The molecule has 0 fully saturated rings. The third-order valence-corrected chi connectivity index (χ3v) is 7.71. The van der Waals surface area contributed by atoms with Gasteiger partial charge in [-0.1, -0.05) is 75.4 Å². The molecule has 0 saturated carbocycles. The number of hydrogen-bond acceptors (Lipinski definition) is 3. The first kappa shape index (κ1) is 21.2. The highest BCUT2D eigenvalue weighted by Crippen LogP contribution is 2.30. The molecule has 3 nitrogen and oxygen atoms in total. The van der Waals surface area contributed by atoms with E-state index >= 15 is 0 Å². The number of carbonyl (C=O) groups excluding carboxylic acids is 1. The molecule has 0 aliphatic carbocycles. The average molecular weight is 425 g/mol. The molecule has 5 heteroatoms. The zero-order valence-corrected chi connectivity index (χ0v) is 18.8. The number of hydrogen-bond donors (Lipinski definition) is 1. The van der Waals surface area contributed by atoms with Gasteiger partial charge in [0.15, 0.2) is 6.29 Å². The Morgan fingerprint density at radius 1 is 0.966 bits per heavy atom. The van der Waals surface area contributed by atoms with Crippen LogP contribution in [0.2, 0.25) is 0 Å². The predicted octanol–water partition coefficient (Wildman–Crippen LogP) is 4.16.